The van der Waals surface area contributed by atoms with Crippen LogP contribution in [0.2, 0.25) is 0 Å². The molecule has 1 fully saturated rings. The number of rotatable bonds is 4. The second kappa shape index (κ2) is 7.11. The lowest BCUT2D eigenvalue weighted by Crippen LogP contribution is -2.45. The molecule has 0 saturated carbocycles. The zero-order chi connectivity index (χ0) is 16.2. The van der Waals surface area contributed by atoms with Gasteiger partial charge in [0.05, 0.1) is 6.04 Å². The van der Waals surface area contributed by atoms with Crippen LogP contribution in [0.15, 0.2) is 42.7 Å². The Hall–Kier alpha value is -1.91. The zero-order valence-electron chi connectivity index (χ0n) is 14.3. The van der Waals surface area contributed by atoms with Crippen LogP contribution in [-0.4, -0.2) is 50.2 Å². The first-order valence-electron chi connectivity index (χ1n) is 8.29. The maximum absolute atomic E-state index is 4.27. The first-order chi connectivity index (χ1) is 11.2. The normalized spacial score (nSPS) is 17.0. The molecule has 0 amide bonds. The minimum Gasteiger partial charge on any atom is -0.378 e. The Morgan fingerprint density at radius 2 is 1.78 bits per heavy atom. The highest BCUT2D eigenvalue weighted by Gasteiger charge is 2.25. The van der Waals surface area contributed by atoms with E-state index in [0.717, 1.165) is 26.2 Å². The van der Waals surface area contributed by atoms with Crippen molar-refractivity contribution in [1.82, 2.24) is 15.2 Å². The number of benzene rings is 1. The number of piperazine rings is 1. The maximum atomic E-state index is 4.27. The smallest absolute Gasteiger partial charge is 0.0606 e. The highest BCUT2D eigenvalue weighted by molar-refractivity contribution is 5.48. The molecule has 4 nitrogen and oxygen atoms in total. The van der Waals surface area contributed by atoms with Gasteiger partial charge in [0.25, 0.3) is 0 Å². The van der Waals surface area contributed by atoms with Crippen LogP contribution in [-0.2, 0) is 0 Å². The summed E-state index contributed by atoms with van der Waals surface area (Å²) in [6.45, 7) is 6.41. The minimum absolute atomic E-state index is 0.302. The zero-order valence-corrected chi connectivity index (χ0v) is 14.3. The van der Waals surface area contributed by atoms with Gasteiger partial charge in [0.1, 0.15) is 0 Å². The highest BCUT2D eigenvalue weighted by Crippen LogP contribution is 2.31. The van der Waals surface area contributed by atoms with Crippen molar-refractivity contribution in [2.75, 3.05) is 45.2 Å². The summed E-state index contributed by atoms with van der Waals surface area (Å²) >= 11 is 0. The van der Waals surface area contributed by atoms with Crippen LogP contribution in [0.4, 0.5) is 5.69 Å². The van der Waals surface area contributed by atoms with Gasteiger partial charge in [0.15, 0.2) is 0 Å². The first kappa shape index (κ1) is 16.0. The van der Waals surface area contributed by atoms with Crippen LogP contribution in [0.3, 0.4) is 0 Å². The van der Waals surface area contributed by atoms with E-state index >= 15 is 0 Å². The standard InChI is InChI=1S/C19H26N4/c1-15-14-21-9-8-18(15)19(23-12-10-20-11-13-23)16-4-6-17(7-5-16)22(2)3/h4-9,14,19-20H,10-13H2,1-3H3. The van der Waals surface area contributed by atoms with Crippen LogP contribution < -0.4 is 10.2 Å². The van der Waals surface area contributed by atoms with E-state index < -0.39 is 0 Å². The monoisotopic (exact) mass is 310 g/mol. The van der Waals surface area contributed by atoms with Crippen molar-refractivity contribution in [2.24, 2.45) is 0 Å². The molecule has 0 bridgehead atoms. The fraction of sp³-hybridized carbons (Fsp3) is 0.421. The van der Waals surface area contributed by atoms with Crippen LogP contribution in [0.25, 0.3) is 0 Å². The summed E-state index contributed by atoms with van der Waals surface area (Å²) in [5.41, 5.74) is 5.21. The predicted octanol–water partition coefficient (Wildman–Crippen LogP) is 2.45. The molecule has 0 radical (unpaired) electrons. The summed E-state index contributed by atoms with van der Waals surface area (Å²) in [6.07, 6.45) is 3.88. The average Bonchev–Trinajstić information content (AvgIpc) is 2.58. The first-order valence-corrected chi connectivity index (χ1v) is 8.29. The van der Waals surface area contributed by atoms with Gasteiger partial charge in [-0.15, -0.1) is 0 Å². The SMILES string of the molecule is Cc1cnccc1C(c1ccc(N(C)C)cc1)N1CCNCC1. The van der Waals surface area contributed by atoms with E-state index in [1.54, 1.807) is 0 Å². The number of hydrogen-bond acceptors (Lipinski definition) is 4. The molecule has 1 atom stereocenters. The lowest BCUT2D eigenvalue weighted by atomic mass is 9.94. The summed E-state index contributed by atoms with van der Waals surface area (Å²) in [4.78, 5) is 8.98. The summed E-state index contributed by atoms with van der Waals surface area (Å²) in [5.74, 6) is 0. The second-order valence-electron chi connectivity index (χ2n) is 6.41. The molecule has 2 aromatic rings. The molecule has 1 aromatic carbocycles. The van der Waals surface area contributed by atoms with E-state index in [2.05, 4.69) is 71.5 Å². The molecule has 0 aliphatic carbocycles. The lowest BCUT2D eigenvalue weighted by molar-refractivity contribution is 0.198. The van der Waals surface area contributed by atoms with Crippen LogP contribution in [0.1, 0.15) is 22.7 Å². The van der Waals surface area contributed by atoms with Gasteiger partial charge in [-0.2, -0.15) is 0 Å². The molecule has 1 aromatic heterocycles. The molecule has 2 heterocycles. The van der Waals surface area contributed by atoms with Gasteiger partial charge in [-0.05, 0) is 41.8 Å². The minimum atomic E-state index is 0.302. The van der Waals surface area contributed by atoms with Crippen molar-refractivity contribution in [3.8, 4) is 0 Å². The fourth-order valence-corrected chi connectivity index (χ4v) is 3.27. The maximum Gasteiger partial charge on any atom is 0.0606 e. The largest absolute Gasteiger partial charge is 0.378 e. The third kappa shape index (κ3) is 3.54. The van der Waals surface area contributed by atoms with Crippen molar-refractivity contribution in [3.05, 3.63) is 59.4 Å². The van der Waals surface area contributed by atoms with Crippen molar-refractivity contribution < 1.29 is 0 Å². The Morgan fingerprint density at radius 1 is 1.09 bits per heavy atom. The van der Waals surface area contributed by atoms with Gasteiger partial charge >= 0.3 is 0 Å². The van der Waals surface area contributed by atoms with Gasteiger partial charge in [-0.1, -0.05) is 12.1 Å². The van der Waals surface area contributed by atoms with Gasteiger partial charge in [-0.3, -0.25) is 9.88 Å². The molecule has 1 N–H and O–H groups in total. The summed E-state index contributed by atoms with van der Waals surface area (Å²) in [5, 5.41) is 3.45. The second-order valence-corrected chi connectivity index (χ2v) is 6.41. The third-order valence-corrected chi connectivity index (χ3v) is 4.60. The average molecular weight is 310 g/mol. The number of aromatic nitrogens is 1. The molecule has 0 spiro atoms. The number of hydrogen-bond donors (Lipinski definition) is 1. The van der Waals surface area contributed by atoms with E-state index in [-0.39, 0.29) is 0 Å². The molecular weight excluding hydrogens is 284 g/mol. The van der Waals surface area contributed by atoms with Gasteiger partial charge in [0, 0.05) is 58.4 Å². The van der Waals surface area contributed by atoms with Crippen molar-refractivity contribution >= 4 is 5.69 Å². The van der Waals surface area contributed by atoms with Gasteiger partial charge in [0.2, 0.25) is 0 Å². The molecule has 1 aliphatic heterocycles. The molecule has 23 heavy (non-hydrogen) atoms. The fourth-order valence-electron chi connectivity index (χ4n) is 3.27. The van der Waals surface area contributed by atoms with Gasteiger partial charge < -0.3 is 10.2 Å². The Balaban J connectivity index is 1.99. The van der Waals surface area contributed by atoms with Crippen LogP contribution in [0, 0.1) is 6.92 Å². The molecule has 1 saturated heterocycles. The Morgan fingerprint density at radius 3 is 2.39 bits per heavy atom. The van der Waals surface area contributed by atoms with E-state index in [9.17, 15) is 0 Å². The third-order valence-electron chi connectivity index (χ3n) is 4.60. The molecule has 1 aliphatic rings. The summed E-state index contributed by atoms with van der Waals surface area (Å²) in [7, 11) is 4.16. The van der Waals surface area contributed by atoms with E-state index in [0.29, 0.717) is 6.04 Å². The topological polar surface area (TPSA) is 31.4 Å². The van der Waals surface area contributed by atoms with Crippen molar-refractivity contribution in [2.45, 2.75) is 13.0 Å². The highest BCUT2D eigenvalue weighted by atomic mass is 15.2. The Bertz CT molecular complexity index is 630. The van der Waals surface area contributed by atoms with Crippen LogP contribution >= 0.6 is 0 Å². The molecule has 122 valence electrons. The Labute approximate surface area is 139 Å². The van der Waals surface area contributed by atoms with E-state index in [4.69, 9.17) is 0 Å². The van der Waals surface area contributed by atoms with Gasteiger partial charge in [-0.25, -0.2) is 0 Å². The number of nitrogens with one attached hydrogen (secondary N) is 1. The molecule has 1 unspecified atom stereocenters. The number of anilines is 1. The molecule has 3 rings (SSSR count). The number of nitrogens with zero attached hydrogens (tertiary/aromatic N) is 3. The quantitative estimate of drug-likeness (QED) is 0.940. The van der Waals surface area contributed by atoms with Crippen LogP contribution in [0.5, 0.6) is 0 Å². The van der Waals surface area contributed by atoms with Crippen molar-refractivity contribution in [1.29, 1.82) is 0 Å². The number of aryl methyl sites for hydroxylation is 1. The van der Waals surface area contributed by atoms with Crippen molar-refractivity contribution in [3.63, 3.8) is 0 Å². The predicted molar refractivity (Wildman–Crippen MR) is 96.0 cm³/mol. The molecule has 4 heteroatoms. The number of pyridine rings is 1. The summed E-state index contributed by atoms with van der Waals surface area (Å²) in [6, 6.07) is 11.4. The molecular formula is C19H26N4. The lowest BCUT2D eigenvalue weighted by Gasteiger charge is -2.36. The Kier molecular flexibility index (Phi) is 4.94. The van der Waals surface area contributed by atoms with E-state index in [1.807, 2.05) is 12.4 Å². The van der Waals surface area contributed by atoms with E-state index in [1.165, 1.54) is 22.4 Å². The summed E-state index contributed by atoms with van der Waals surface area (Å²) < 4.78 is 0.